The second kappa shape index (κ2) is 8.06. The number of halogens is 7. The Morgan fingerprint density at radius 3 is 1.00 bits per heavy atom. The van der Waals surface area contributed by atoms with Gasteiger partial charge in [-0.05, 0) is 11.6 Å². The molecule has 130 valence electrons. The number of nitrogens with zero attached hydrogens (tertiary/aromatic N) is 3. The van der Waals surface area contributed by atoms with Crippen LogP contribution in [0.3, 0.4) is 0 Å². The van der Waals surface area contributed by atoms with E-state index >= 15 is 0 Å². The van der Waals surface area contributed by atoms with Crippen molar-refractivity contribution in [2.45, 2.75) is 17.4 Å². The Kier molecular flexibility index (Phi) is 8.96. The highest BCUT2D eigenvalue weighted by molar-refractivity contribution is 7.90. The molecule has 0 amide bonds. The molecule has 0 aromatic rings. The summed E-state index contributed by atoms with van der Waals surface area (Å²) in [4.78, 5) is 0. The van der Waals surface area contributed by atoms with Crippen LogP contribution in [0.2, 0.25) is 0 Å². The third-order valence-electron chi connectivity index (χ3n) is 1.71. The normalized spacial score (nSPS) is 16.3. The molecule has 0 saturated carbocycles. The van der Waals surface area contributed by atoms with E-state index in [1.807, 2.05) is 0 Å². The summed E-state index contributed by atoms with van der Waals surface area (Å²) in [6.07, 6.45) is -6.22. The first-order valence-electron chi connectivity index (χ1n) is 5.26. The molecule has 1 unspecified atom stereocenters. The van der Waals surface area contributed by atoms with Crippen LogP contribution >= 0.6 is 11.6 Å². The predicted molar refractivity (Wildman–Crippen MR) is 69.1 cm³/mol. The van der Waals surface area contributed by atoms with Crippen LogP contribution in [0.5, 0.6) is 0 Å². The van der Waals surface area contributed by atoms with Crippen LogP contribution in [0.1, 0.15) is 0 Å². The van der Waals surface area contributed by atoms with Crippen molar-refractivity contribution >= 4 is 23.1 Å². The van der Waals surface area contributed by atoms with E-state index in [-0.39, 0.29) is 11.5 Å². The van der Waals surface area contributed by atoms with E-state index in [9.17, 15) is 31.4 Å². The summed E-state index contributed by atoms with van der Waals surface area (Å²) in [7, 11) is 12.5. The van der Waals surface area contributed by atoms with Crippen LogP contribution in [-0.4, -0.2) is 72.6 Å². The monoisotopic (exact) mass is 365 g/mol. The number of hydrogen-bond donors (Lipinski definition) is 0. The smallest absolute Gasteiger partial charge is 0.414 e. The van der Waals surface area contributed by atoms with Crippen LogP contribution in [0, 0.1) is 0 Å². The molecule has 4 nitrogen and oxygen atoms in total. The van der Waals surface area contributed by atoms with E-state index in [0.717, 1.165) is 0 Å². The Bertz CT molecular complexity index is 274. The first kappa shape index (κ1) is 23.3. The minimum Gasteiger partial charge on any atom is -0.812 e. The van der Waals surface area contributed by atoms with Crippen LogP contribution in [0.15, 0.2) is 0 Å². The standard InChI is InChI=1S/C6H18N3S.C3ClF6O/c1-7(2)10(8(3)4)9(5)6;4-2(6,7)1(5,11)3(8,9)10/h1-6H3;/q+1;-1. The molecule has 0 aliphatic heterocycles. The summed E-state index contributed by atoms with van der Waals surface area (Å²) < 4.78 is 74.1. The van der Waals surface area contributed by atoms with Gasteiger partial charge in [-0.25, -0.2) is 4.39 Å². The maximum absolute atomic E-state index is 11.5. The summed E-state index contributed by atoms with van der Waals surface area (Å²) in [6.45, 7) is 0. The Labute approximate surface area is 128 Å². The fourth-order valence-electron chi connectivity index (χ4n) is 1.14. The molecule has 0 aliphatic carbocycles. The second-order valence-corrected chi connectivity index (χ2v) is 7.43. The molecule has 0 aliphatic rings. The van der Waals surface area contributed by atoms with Gasteiger partial charge in [0.05, 0.1) is 0 Å². The van der Waals surface area contributed by atoms with Crippen molar-refractivity contribution in [1.82, 2.24) is 12.9 Å². The molecular formula is C9H18ClF6N3OS. The zero-order valence-corrected chi connectivity index (χ0v) is 13.9. The molecule has 0 aromatic heterocycles. The molecular weight excluding hydrogens is 348 g/mol. The SMILES string of the molecule is CN(C)[S+](N(C)C)N(C)C.[O-]C(F)(C(F)(F)F)C(F)(F)Cl. The summed E-state index contributed by atoms with van der Waals surface area (Å²) in [5.74, 6) is -5.94. The van der Waals surface area contributed by atoms with Gasteiger partial charge in [0.25, 0.3) is 11.5 Å². The molecule has 21 heavy (non-hydrogen) atoms. The van der Waals surface area contributed by atoms with E-state index in [2.05, 4.69) is 66.8 Å². The van der Waals surface area contributed by atoms with Gasteiger partial charge < -0.3 is 5.11 Å². The summed E-state index contributed by atoms with van der Waals surface area (Å²) in [5, 5.41) is 3.98. The number of rotatable bonds is 4. The van der Waals surface area contributed by atoms with Crippen molar-refractivity contribution in [3.8, 4) is 0 Å². The zero-order valence-electron chi connectivity index (χ0n) is 12.3. The molecule has 12 heteroatoms. The molecule has 0 bridgehead atoms. The Balaban J connectivity index is 0. The van der Waals surface area contributed by atoms with E-state index in [1.165, 1.54) is 0 Å². The highest BCUT2D eigenvalue weighted by Gasteiger charge is 2.62. The predicted octanol–water partition coefficient (Wildman–Crippen LogP) is 1.44. The third-order valence-corrected chi connectivity index (χ3v) is 3.91. The van der Waals surface area contributed by atoms with E-state index in [4.69, 9.17) is 0 Å². The van der Waals surface area contributed by atoms with Crippen molar-refractivity contribution in [3.63, 3.8) is 0 Å². The molecule has 0 fully saturated rings. The molecule has 0 N–H and O–H groups in total. The van der Waals surface area contributed by atoms with Crippen molar-refractivity contribution in [3.05, 3.63) is 0 Å². The minimum absolute atomic E-state index is 0.120. The molecule has 0 saturated heterocycles. The average molecular weight is 366 g/mol. The lowest BCUT2D eigenvalue weighted by molar-refractivity contribution is -0.610. The van der Waals surface area contributed by atoms with Crippen LogP contribution in [0.4, 0.5) is 26.3 Å². The topological polar surface area (TPSA) is 32.8 Å². The van der Waals surface area contributed by atoms with Crippen molar-refractivity contribution in [2.75, 3.05) is 42.3 Å². The average Bonchev–Trinajstić information content (AvgIpc) is 2.11. The van der Waals surface area contributed by atoms with Gasteiger partial charge in [-0.3, -0.25) is 0 Å². The quantitative estimate of drug-likeness (QED) is 0.429. The Morgan fingerprint density at radius 2 is 1.00 bits per heavy atom. The van der Waals surface area contributed by atoms with Crippen molar-refractivity contribution in [1.29, 1.82) is 0 Å². The summed E-state index contributed by atoms with van der Waals surface area (Å²) >= 11 is 3.69. The largest absolute Gasteiger partial charge is 0.812 e. The number of hydrogen-bond acceptors (Lipinski definition) is 4. The summed E-state index contributed by atoms with van der Waals surface area (Å²) in [6, 6.07) is 0. The van der Waals surface area contributed by atoms with Crippen LogP contribution in [0.25, 0.3) is 0 Å². The fourth-order valence-corrected chi connectivity index (χ4v) is 3.21. The summed E-state index contributed by atoms with van der Waals surface area (Å²) in [5.41, 5.74) is 0. The van der Waals surface area contributed by atoms with Crippen molar-refractivity contribution < 1.29 is 31.4 Å². The molecule has 0 rings (SSSR count). The lowest BCUT2D eigenvalue weighted by atomic mass is 10.3. The third kappa shape index (κ3) is 7.24. The Morgan fingerprint density at radius 1 is 0.762 bits per heavy atom. The second-order valence-electron chi connectivity index (χ2n) is 4.27. The maximum atomic E-state index is 11.5. The van der Waals surface area contributed by atoms with E-state index < -0.39 is 17.4 Å². The van der Waals surface area contributed by atoms with Gasteiger partial charge in [0.1, 0.15) is 0 Å². The molecule has 0 aromatic carbocycles. The van der Waals surface area contributed by atoms with Gasteiger partial charge in [-0.2, -0.15) is 22.0 Å². The van der Waals surface area contributed by atoms with Gasteiger partial charge in [0, 0.05) is 42.3 Å². The first-order valence-corrected chi connectivity index (χ1v) is 6.73. The van der Waals surface area contributed by atoms with Gasteiger partial charge in [-0.1, -0.05) is 12.9 Å². The van der Waals surface area contributed by atoms with Gasteiger partial charge in [-0.15, -0.1) is 0 Å². The lowest BCUT2D eigenvalue weighted by Crippen LogP contribution is -2.62. The highest BCUT2D eigenvalue weighted by atomic mass is 35.5. The molecule has 0 heterocycles. The van der Waals surface area contributed by atoms with Crippen LogP contribution in [-0.2, 0) is 11.5 Å². The minimum atomic E-state index is -6.22. The number of alkyl halides is 7. The highest BCUT2D eigenvalue weighted by Crippen LogP contribution is 2.43. The Hall–Kier alpha value is 0.0600. The van der Waals surface area contributed by atoms with E-state index in [0.29, 0.717) is 0 Å². The van der Waals surface area contributed by atoms with Gasteiger partial charge in [0.2, 0.25) is 5.85 Å². The molecule has 1 atom stereocenters. The molecule has 0 spiro atoms. The van der Waals surface area contributed by atoms with Gasteiger partial charge >= 0.3 is 11.6 Å². The first-order chi connectivity index (χ1) is 8.96. The van der Waals surface area contributed by atoms with Crippen molar-refractivity contribution in [2.24, 2.45) is 0 Å². The van der Waals surface area contributed by atoms with Crippen LogP contribution < -0.4 is 5.11 Å². The lowest BCUT2D eigenvalue weighted by Gasteiger charge is -2.36. The maximum Gasteiger partial charge on any atom is 0.414 e. The fraction of sp³-hybridized carbons (Fsp3) is 1.00. The molecule has 0 radical (unpaired) electrons. The van der Waals surface area contributed by atoms with Gasteiger partial charge in [0.15, 0.2) is 0 Å². The zero-order chi connectivity index (χ0) is 17.8. The van der Waals surface area contributed by atoms with E-state index in [1.54, 1.807) is 0 Å².